The lowest BCUT2D eigenvalue weighted by molar-refractivity contribution is 0.558. The first kappa shape index (κ1) is 13.4. The standard InChI is InChI=1S/C12H16BrFN2/c1-8(2)7-16-12(6-15)10-5-9(14)3-4-11(10)13/h3-5,12,16H,1,6-7,15H2,2H3. The van der Waals surface area contributed by atoms with Gasteiger partial charge in [0.1, 0.15) is 5.82 Å². The predicted molar refractivity (Wildman–Crippen MR) is 68.7 cm³/mol. The zero-order valence-corrected chi connectivity index (χ0v) is 10.8. The van der Waals surface area contributed by atoms with Gasteiger partial charge in [0.2, 0.25) is 0 Å². The topological polar surface area (TPSA) is 38.0 Å². The van der Waals surface area contributed by atoms with E-state index >= 15 is 0 Å². The molecule has 1 unspecified atom stereocenters. The van der Waals surface area contributed by atoms with Gasteiger partial charge in [0, 0.05) is 23.6 Å². The minimum atomic E-state index is -0.256. The Morgan fingerprint density at radius 1 is 1.62 bits per heavy atom. The molecule has 4 heteroatoms. The summed E-state index contributed by atoms with van der Waals surface area (Å²) in [5.74, 6) is -0.256. The fourth-order valence-electron chi connectivity index (χ4n) is 1.40. The van der Waals surface area contributed by atoms with Crippen molar-refractivity contribution in [1.29, 1.82) is 0 Å². The van der Waals surface area contributed by atoms with E-state index in [9.17, 15) is 4.39 Å². The lowest BCUT2D eigenvalue weighted by Crippen LogP contribution is -2.29. The Kier molecular flexibility index (Phi) is 5.12. The van der Waals surface area contributed by atoms with Crippen LogP contribution in [0.3, 0.4) is 0 Å². The van der Waals surface area contributed by atoms with Gasteiger partial charge in [-0.15, -0.1) is 0 Å². The maximum atomic E-state index is 13.1. The molecule has 0 spiro atoms. The van der Waals surface area contributed by atoms with E-state index < -0.39 is 0 Å². The number of rotatable bonds is 5. The first-order valence-electron chi connectivity index (χ1n) is 5.07. The van der Waals surface area contributed by atoms with Crippen LogP contribution >= 0.6 is 15.9 Å². The van der Waals surface area contributed by atoms with Crippen LogP contribution < -0.4 is 11.1 Å². The summed E-state index contributed by atoms with van der Waals surface area (Å²) in [4.78, 5) is 0. The van der Waals surface area contributed by atoms with Crippen molar-refractivity contribution in [1.82, 2.24) is 5.32 Å². The summed E-state index contributed by atoms with van der Waals surface area (Å²) < 4.78 is 14.0. The third-order valence-electron chi connectivity index (χ3n) is 2.22. The highest BCUT2D eigenvalue weighted by Gasteiger charge is 2.13. The van der Waals surface area contributed by atoms with E-state index in [0.29, 0.717) is 13.1 Å². The number of nitrogens with one attached hydrogen (secondary N) is 1. The van der Waals surface area contributed by atoms with Gasteiger partial charge in [-0.3, -0.25) is 0 Å². The van der Waals surface area contributed by atoms with Crippen LogP contribution in [0.5, 0.6) is 0 Å². The van der Waals surface area contributed by atoms with Crippen LogP contribution in [-0.4, -0.2) is 13.1 Å². The summed E-state index contributed by atoms with van der Waals surface area (Å²) in [6.07, 6.45) is 0. The van der Waals surface area contributed by atoms with E-state index in [1.54, 1.807) is 6.07 Å². The molecule has 0 radical (unpaired) electrons. The van der Waals surface area contributed by atoms with E-state index in [4.69, 9.17) is 5.73 Å². The van der Waals surface area contributed by atoms with E-state index in [0.717, 1.165) is 15.6 Å². The van der Waals surface area contributed by atoms with Crippen LogP contribution in [-0.2, 0) is 0 Å². The van der Waals surface area contributed by atoms with Gasteiger partial charge in [-0.05, 0) is 30.7 Å². The second-order valence-electron chi connectivity index (χ2n) is 3.79. The largest absolute Gasteiger partial charge is 0.329 e. The normalized spacial score (nSPS) is 12.5. The molecule has 88 valence electrons. The number of halogens is 2. The lowest BCUT2D eigenvalue weighted by Gasteiger charge is -2.18. The summed E-state index contributed by atoms with van der Waals surface area (Å²) in [5, 5.41) is 3.23. The molecular weight excluding hydrogens is 271 g/mol. The average molecular weight is 287 g/mol. The molecule has 3 N–H and O–H groups in total. The molecule has 1 aromatic carbocycles. The van der Waals surface area contributed by atoms with Gasteiger partial charge in [-0.2, -0.15) is 0 Å². The first-order valence-corrected chi connectivity index (χ1v) is 5.86. The van der Waals surface area contributed by atoms with Crippen molar-refractivity contribution in [2.24, 2.45) is 5.73 Å². The highest BCUT2D eigenvalue weighted by Crippen LogP contribution is 2.23. The summed E-state index contributed by atoms with van der Waals surface area (Å²) in [7, 11) is 0. The van der Waals surface area contributed by atoms with Crippen LogP contribution in [0.4, 0.5) is 4.39 Å². The molecule has 0 aromatic heterocycles. The van der Waals surface area contributed by atoms with Crippen molar-refractivity contribution >= 4 is 15.9 Å². The zero-order chi connectivity index (χ0) is 12.1. The van der Waals surface area contributed by atoms with Gasteiger partial charge < -0.3 is 11.1 Å². The SMILES string of the molecule is C=C(C)CNC(CN)c1cc(F)ccc1Br. The average Bonchev–Trinajstić information content (AvgIpc) is 2.23. The summed E-state index contributed by atoms with van der Waals surface area (Å²) in [5.41, 5.74) is 7.53. The van der Waals surface area contributed by atoms with Gasteiger partial charge in [0.05, 0.1) is 0 Å². The van der Waals surface area contributed by atoms with Gasteiger partial charge >= 0.3 is 0 Å². The van der Waals surface area contributed by atoms with Crippen LogP contribution in [0.15, 0.2) is 34.8 Å². The highest BCUT2D eigenvalue weighted by atomic mass is 79.9. The Morgan fingerprint density at radius 3 is 2.88 bits per heavy atom. The predicted octanol–water partition coefficient (Wildman–Crippen LogP) is 2.75. The fraction of sp³-hybridized carbons (Fsp3) is 0.333. The molecule has 0 amide bonds. The van der Waals surface area contributed by atoms with Crippen LogP contribution in [0.2, 0.25) is 0 Å². The van der Waals surface area contributed by atoms with Crippen molar-refractivity contribution < 1.29 is 4.39 Å². The van der Waals surface area contributed by atoms with Gasteiger partial charge in [0.25, 0.3) is 0 Å². The van der Waals surface area contributed by atoms with Crippen molar-refractivity contribution in [3.8, 4) is 0 Å². The zero-order valence-electron chi connectivity index (χ0n) is 9.26. The molecule has 0 saturated carbocycles. The second-order valence-corrected chi connectivity index (χ2v) is 4.65. The van der Waals surface area contributed by atoms with Crippen LogP contribution in [0.25, 0.3) is 0 Å². The smallest absolute Gasteiger partial charge is 0.123 e. The second kappa shape index (κ2) is 6.13. The van der Waals surface area contributed by atoms with Gasteiger partial charge in [0.15, 0.2) is 0 Å². The molecule has 0 heterocycles. The minimum absolute atomic E-state index is 0.0678. The Morgan fingerprint density at radius 2 is 2.31 bits per heavy atom. The molecule has 0 aliphatic heterocycles. The molecule has 1 rings (SSSR count). The van der Waals surface area contributed by atoms with Crippen molar-refractivity contribution in [2.45, 2.75) is 13.0 Å². The molecule has 1 atom stereocenters. The highest BCUT2D eigenvalue weighted by molar-refractivity contribution is 9.10. The molecule has 0 aliphatic rings. The van der Waals surface area contributed by atoms with Gasteiger partial charge in [-0.25, -0.2) is 4.39 Å². The molecule has 0 bridgehead atoms. The van der Waals surface area contributed by atoms with Crippen molar-refractivity contribution in [3.63, 3.8) is 0 Å². The van der Waals surface area contributed by atoms with E-state index in [1.807, 2.05) is 6.92 Å². The Hall–Kier alpha value is -0.710. The number of nitrogens with two attached hydrogens (primary N) is 1. The van der Waals surface area contributed by atoms with E-state index in [2.05, 4.69) is 27.8 Å². The molecule has 0 aliphatic carbocycles. The monoisotopic (exact) mass is 286 g/mol. The molecule has 0 saturated heterocycles. The molecular formula is C12H16BrFN2. The Balaban J connectivity index is 2.85. The third-order valence-corrected chi connectivity index (χ3v) is 2.94. The maximum absolute atomic E-state index is 13.1. The quantitative estimate of drug-likeness (QED) is 0.817. The summed E-state index contributed by atoms with van der Waals surface area (Å²) >= 11 is 3.39. The molecule has 0 fully saturated rings. The molecule has 2 nitrogen and oxygen atoms in total. The van der Waals surface area contributed by atoms with Crippen LogP contribution in [0, 0.1) is 5.82 Å². The Labute approximate surface area is 104 Å². The van der Waals surface area contributed by atoms with Crippen LogP contribution in [0.1, 0.15) is 18.5 Å². The Bertz CT molecular complexity index is 379. The first-order chi connectivity index (χ1) is 7.54. The maximum Gasteiger partial charge on any atom is 0.123 e. The van der Waals surface area contributed by atoms with Crippen molar-refractivity contribution in [3.05, 3.63) is 46.2 Å². The molecule has 16 heavy (non-hydrogen) atoms. The third kappa shape index (κ3) is 3.70. The summed E-state index contributed by atoms with van der Waals surface area (Å²) in [6.45, 7) is 6.82. The van der Waals surface area contributed by atoms with E-state index in [-0.39, 0.29) is 11.9 Å². The van der Waals surface area contributed by atoms with Gasteiger partial charge in [-0.1, -0.05) is 28.1 Å². The van der Waals surface area contributed by atoms with E-state index in [1.165, 1.54) is 12.1 Å². The summed E-state index contributed by atoms with van der Waals surface area (Å²) in [6, 6.07) is 4.53. The minimum Gasteiger partial charge on any atom is -0.329 e. The molecule has 1 aromatic rings. The lowest BCUT2D eigenvalue weighted by atomic mass is 10.1. The van der Waals surface area contributed by atoms with Crippen molar-refractivity contribution in [2.75, 3.05) is 13.1 Å². The number of benzene rings is 1. The number of hydrogen-bond donors (Lipinski definition) is 2. The fourth-order valence-corrected chi connectivity index (χ4v) is 1.92. The number of hydrogen-bond acceptors (Lipinski definition) is 2.